The number of benzene rings is 3. The number of carboxylic acid groups (broad SMARTS) is 1. The van der Waals surface area contributed by atoms with Gasteiger partial charge in [-0.2, -0.15) is 0 Å². The van der Waals surface area contributed by atoms with Crippen molar-refractivity contribution < 1.29 is 28.9 Å². The molecule has 0 aromatic heterocycles. The lowest BCUT2D eigenvalue weighted by atomic mass is 10.1. The first-order chi connectivity index (χ1) is 16.1. The zero-order valence-electron chi connectivity index (χ0n) is 18.4. The van der Waals surface area contributed by atoms with Gasteiger partial charge in [0, 0.05) is 23.3 Å². The lowest BCUT2D eigenvalue weighted by Crippen LogP contribution is -2.13. The van der Waals surface area contributed by atoms with Crippen molar-refractivity contribution in [1.82, 2.24) is 0 Å². The Morgan fingerprint density at radius 1 is 0.939 bits per heavy atom. The maximum Gasteiger partial charge on any atom is 0.328 e. The van der Waals surface area contributed by atoms with Gasteiger partial charge < -0.3 is 24.2 Å². The maximum atomic E-state index is 10.7. The van der Waals surface area contributed by atoms with Crippen LogP contribution in [0.3, 0.4) is 0 Å². The van der Waals surface area contributed by atoms with E-state index in [-0.39, 0.29) is 6.61 Å². The van der Waals surface area contributed by atoms with Gasteiger partial charge in [-0.3, -0.25) is 0 Å². The van der Waals surface area contributed by atoms with Gasteiger partial charge in [0.05, 0.1) is 7.11 Å². The third-order valence-corrected chi connectivity index (χ3v) is 4.62. The topological polar surface area (TPSA) is 86.6 Å². The third kappa shape index (κ3) is 7.14. The molecule has 0 amide bonds. The summed E-state index contributed by atoms with van der Waals surface area (Å²) in [6.45, 7) is 0.629. The second-order valence-corrected chi connectivity index (χ2v) is 6.88. The number of rotatable bonds is 11. The molecule has 3 aromatic rings. The van der Waals surface area contributed by atoms with Crippen LogP contribution in [0.5, 0.6) is 17.2 Å². The number of methoxy groups -OCH3 is 1. The second kappa shape index (κ2) is 12.0. The molecule has 3 aromatic carbocycles. The molecule has 0 atom stereocenters. The molecule has 0 bridgehead atoms. The first kappa shape index (κ1) is 23.4. The van der Waals surface area contributed by atoms with Crippen molar-refractivity contribution in [3.05, 3.63) is 95.6 Å². The average Bonchev–Trinajstić information content (AvgIpc) is 2.85. The van der Waals surface area contributed by atoms with Crippen molar-refractivity contribution in [2.45, 2.75) is 6.61 Å². The van der Waals surface area contributed by atoms with Crippen molar-refractivity contribution >= 4 is 17.8 Å². The van der Waals surface area contributed by atoms with Gasteiger partial charge in [-0.05, 0) is 35.9 Å². The van der Waals surface area contributed by atoms with Crippen molar-refractivity contribution in [2.24, 2.45) is 5.16 Å². The molecular weight excluding hydrogens is 422 g/mol. The van der Waals surface area contributed by atoms with Gasteiger partial charge >= 0.3 is 5.97 Å². The van der Waals surface area contributed by atoms with E-state index >= 15 is 0 Å². The van der Waals surface area contributed by atoms with Crippen LogP contribution in [-0.4, -0.2) is 37.6 Å². The molecule has 0 saturated carbocycles. The van der Waals surface area contributed by atoms with Crippen LogP contribution in [-0.2, 0) is 16.2 Å². The Hall–Kier alpha value is -4.26. The number of carboxylic acids is 1. The molecule has 0 aliphatic heterocycles. The van der Waals surface area contributed by atoms with Crippen LogP contribution < -0.4 is 14.2 Å². The summed E-state index contributed by atoms with van der Waals surface area (Å²) in [4.78, 5) is 15.7. The molecule has 0 heterocycles. The highest BCUT2D eigenvalue weighted by Gasteiger charge is 2.07. The molecule has 3 rings (SSSR count). The summed E-state index contributed by atoms with van der Waals surface area (Å²) in [5.41, 5.74) is 3.25. The maximum absolute atomic E-state index is 10.7. The first-order valence-corrected chi connectivity index (χ1v) is 10.2. The van der Waals surface area contributed by atoms with Gasteiger partial charge in [-0.15, -0.1) is 0 Å². The Kier molecular flexibility index (Phi) is 8.48. The zero-order chi connectivity index (χ0) is 23.5. The van der Waals surface area contributed by atoms with E-state index in [4.69, 9.17) is 24.2 Å². The van der Waals surface area contributed by atoms with Gasteiger partial charge in [-0.1, -0.05) is 47.6 Å². The zero-order valence-corrected chi connectivity index (χ0v) is 18.4. The van der Waals surface area contributed by atoms with Crippen LogP contribution in [0.2, 0.25) is 0 Å². The summed E-state index contributed by atoms with van der Waals surface area (Å²) < 4.78 is 17.0. The summed E-state index contributed by atoms with van der Waals surface area (Å²) >= 11 is 0. The van der Waals surface area contributed by atoms with Gasteiger partial charge in [0.1, 0.15) is 43.3 Å². The van der Waals surface area contributed by atoms with Gasteiger partial charge in [-0.25, -0.2) is 4.79 Å². The Bertz CT molecular complexity index is 1110. The van der Waals surface area contributed by atoms with E-state index in [9.17, 15) is 4.79 Å². The molecule has 0 aliphatic carbocycles. The molecule has 0 saturated heterocycles. The van der Waals surface area contributed by atoms with Crippen molar-refractivity contribution in [3.63, 3.8) is 0 Å². The van der Waals surface area contributed by atoms with Gasteiger partial charge in [0.25, 0.3) is 0 Å². The van der Waals surface area contributed by atoms with Crippen LogP contribution in [0.15, 0.2) is 84.0 Å². The highest BCUT2D eigenvalue weighted by atomic mass is 16.6. The van der Waals surface area contributed by atoms with E-state index in [0.29, 0.717) is 35.1 Å². The van der Waals surface area contributed by atoms with Crippen LogP contribution in [0.4, 0.5) is 0 Å². The molecule has 0 spiro atoms. The molecule has 0 unspecified atom stereocenters. The standard InChI is InChI=1S/C26H25NO6/c1-30-25-16-23(14-10-21(25)11-15-26(28)29)32-17-19-8-12-22(13-9-19)33-18-24(27-31-2)20-6-4-3-5-7-20/h3-16H,17-18H2,1-2H3,(H,28,29)/b15-11-,27-24+. The Morgan fingerprint density at radius 2 is 1.67 bits per heavy atom. The summed E-state index contributed by atoms with van der Waals surface area (Å²) in [7, 11) is 3.03. The van der Waals surface area contributed by atoms with E-state index < -0.39 is 5.97 Å². The minimum absolute atomic E-state index is 0.274. The quantitative estimate of drug-likeness (QED) is 0.258. The second-order valence-electron chi connectivity index (χ2n) is 6.88. The van der Waals surface area contributed by atoms with E-state index in [1.165, 1.54) is 20.3 Å². The van der Waals surface area contributed by atoms with Crippen LogP contribution in [0, 0.1) is 0 Å². The van der Waals surface area contributed by atoms with Crippen molar-refractivity contribution in [2.75, 3.05) is 20.8 Å². The minimum Gasteiger partial charge on any atom is -0.496 e. The highest BCUT2D eigenvalue weighted by Crippen LogP contribution is 2.26. The molecule has 170 valence electrons. The van der Waals surface area contributed by atoms with Crippen molar-refractivity contribution in [1.29, 1.82) is 0 Å². The number of hydrogen-bond donors (Lipinski definition) is 1. The largest absolute Gasteiger partial charge is 0.496 e. The molecule has 1 N–H and O–H groups in total. The summed E-state index contributed by atoms with van der Waals surface area (Å²) in [6.07, 6.45) is 2.54. The van der Waals surface area contributed by atoms with Crippen LogP contribution in [0.25, 0.3) is 6.08 Å². The average molecular weight is 447 g/mol. The predicted molar refractivity (Wildman–Crippen MR) is 126 cm³/mol. The SMILES string of the molecule is CO/N=C(\COc1ccc(COc2ccc(/C=C\C(=O)O)c(OC)c2)cc1)c1ccccc1. The summed E-state index contributed by atoms with van der Waals surface area (Å²) in [5.74, 6) is 0.824. The van der Waals surface area contributed by atoms with Crippen molar-refractivity contribution in [3.8, 4) is 17.2 Å². The van der Waals surface area contributed by atoms with E-state index in [1.54, 1.807) is 18.2 Å². The van der Waals surface area contributed by atoms with Gasteiger partial charge in [0.15, 0.2) is 0 Å². The third-order valence-electron chi connectivity index (χ3n) is 4.62. The number of carbonyl (C=O) groups is 1. The lowest BCUT2D eigenvalue weighted by Gasteiger charge is -2.11. The molecule has 0 fully saturated rings. The number of hydrogen-bond acceptors (Lipinski definition) is 6. The Morgan fingerprint density at radius 3 is 2.33 bits per heavy atom. The summed E-state index contributed by atoms with van der Waals surface area (Å²) in [6, 6.07) is 22.5. The monoisotopic (exact) mass is 447 g/mol. The molecule has 0 aliphatic rings. The molecule has 0 radical (unpaired) electrons. The highest BCUT2D eigenvalue weighted by molar-refractivity contribution is 6.01. The predicted octanol–water partition coefficient (Wildman–Crippen LogP) is 4.80. The van der Waals surface area contributed by atoms with Crippen LogP contribution in [0.1, 0.15) is 16.7 Å². The fourth-order valence-electron chi connectivity index (χ4n) is 2.98. The summed E-state index contributed by atoms with van der Waals surface area (Å²) in [5, 5.41) is 12.8. The number of aliphatic carboxylic acids is 1. The number of nitrogens with zero attached hydrogens (tertiary/aromatic N) is 1. The van der Waals surface area contributed by atoms with Gasteiger partial charge in [0.2, 0.25) is 0 Å². The fourth-order valence-corrected chi connectivity index (χ4v) is 2.98. The molecular formula is C26H25NO6. The Balaban J connectivity index is 1.57. The van der Waals surface area contributed by atoms with E-state index in [2.05, 4.69) is 5.16 Å². The smallest absolute Gasteiger partial charge is 0.328 e. The fraction of sp³-hybridized carbons (Fsp3) is 0.154. The molecule has 7 heteroatoms. The number of oxime groups is 1. The first-order valence-electron chi connectivity index (χ1n) is 10.2. The lowest BCUT2D eigenvalue weighted by molar-refractivity contribution is -0.131. The normalized spacial score (nSPS) is 11.3. The minimum atomic E-state index is -1.02. The van der Waals surface area contributed by atoms with Crippen LogP contribution >= 0.6 is 0 Å². The molecule has 7 nitrogen and oxygen atoms in total. The Labute approximate surface area is 192 Å². The molecule has 33 heavy (non-hydrogen) atoms. The van der Waals surface area contributed by atoms with E-state index in [0.717, 1.165) is 17.2 Å². The number of ether oxygens (including phenoxy) is 3. The van der Waals surface area contributed by atoms with E-state index in [1.807, 2.05) is 54.6 Å².